The highest BCUT2D eigenvalue weighted by molar-refractivity contribution is 5.87. The molecule has 5 nitrogen and oxygen atoms in total. The summed E-state index contributed by atoms with van der Waals surface area (Å²) in [7, 11) is 0. The third-order valence-corrected chi connectivity index (χ3v) is 3.66. The molecule has 0 saturated carbocycles. The zero-order chi connectivity index (χ0) is 17.2. The Kier molecular flexibility index (Phi) is 4.76. The van der Waals surface area contributed by atoms with Crippen LogP contribution in [0.4, 0.5) is 22.4 Å². The van der Waals surface area contributed by atoms with E-state index in [1.807, 2.05) is 0 Å². The summed E-state index contributed by atoms with van der Waals surface area (Å²) in [4.78, 5) is 24.4. The van der Waals surface area contributed by atoms with E-state index >= 15 is 0 Å². The minimum absolute atomic E-state index is 0.281. The minimum atomic E-state index is -4.60. The number of hydrogen-bond donors (Lipinski definition) is 2. The predicted molar refractivity (Wildman–Crippen MR) is 72.6 cm³/mol. The van der Waals surface area contributed by atoms with Gasteiger partial charge in [-0.2, -0.15) is 13.2 Å². The number of halogens is 4. The Hall–Kier alpha value is -2.32. The Balaban J connectivity index is 2.06. The highest BCUT2D eigenvalue weighted by Crippen LogP contribution is 2.30. The van der Waals surface area contributed by atoms with Gasteiger partial charge in [-0.3, -0.25) is 4.79 Å². The first kappa shape index (κ1) is 17.0. The fourth-order valence-electron chi connectivity index (χ4n) is 2.49. The first-order chi connectivity index (χ1) is 10.7. The molecule has 0 spiro atoms. The van der Waals surface area contributed by atoms with Crippen molar-refractivity contribution in [1.29, 1.82) is 0 Å². The van der Waals surface area contributed by atoms with Gasteiger partial charge in [-0.15, -0.1) is 0 Å². The molecule has 1 saturated heterocycles. The summed E-state index contributed by atoms with van der Waals surface area (Å²) < 4.78 is 51.4. The van der Waals surface area contributed by atoms with Gasteiger partial charge in [0.15, 0.2) is 0 Å². The lowest BCUT2D eigenvalue weighted by atomic mass is 10.1. The number of primary amides is 1. The zero-order valence-electron chi connectivity index (χ0n) is 12.0. The summed E-state index contributed by atoms with van der Waals surface area (Å²) in [6, 6.07) is 0.465. The van der Waals surface area contributed by atoms with E-state index in [1.54, 1.807) is 0 Å². The van der Waals surface area contributed by atoms with Crippen LogP contribution in [-0.2, 0) is 17.5 Å². The third-order valence-electron chi connectivity index (χ3n) is 3.66. The van der Waals surface area contributed by atoms with Gasteiger partial charge < -0.3 is 16.0 Å². The molecule has 1 aromatic rings. The van der Waals surface area contributed by atoms with E-state index in [9.17, 15) is 27.2 Å². The molecule has 3 N–H and O–H groups in total. The predicted octanol–water partition coefficient (Wildman–Crippen LogP) is 2.00. The number of nitrogens with two attached hydrogens (primary N) is 1. The third kappa shape index (κ3) is 3.91. The quantitative estimate of drug-likeness (QED) is 0.830. The number of alkyl halides is 3. The molecule has 1 aromatic carbocycles. The molecule has 9 heteroatoms. The number of benzene rings is 1. The monoisotopic (exact) mass is 333 g/mol. The van der Waals surface area contributed by atoms with Crippen molar-refractivity contribution >= 4 is 11.9 Å². The molecule has 0 bridgehead atoms. The summed E-state index contributed by atoms with van der Waals surface area (Å²) in [5.41, 5.74) is 3.87. The summed E-state index contributed by atoms with van der Waals surface area (Å²) in [5.74, 6) is -1.42. The van der Waals surface area contributed by atoms with E-state index in [4.69, 9.17) is 5.73 Å². The number of hydrogen-bond acceptors (Lipinski definition) is 2. The van der Waals surface area contributed by atoms with Gasteiger partial charge in [0.25, 0.3) is 0 Å². The van der Waals surface area contributed by atoms with Crippen molar-refractivity contribution in [3.63, 3.8) is 0 Å². The molecule has 1 aliphatic rings. The molecular formula is C14H15F4N3O2. The van der Waals surface area contributed by atoms with Gasteiger partial charge in [0.2, 0.25) is 5.91 Å². The van der Waals surface area contributed by atoms with Gasteiger partial charge in [-0.25, -0.2) is 9.18 Å². The van der Waals surface area contributed by atoms with Crippen LogP contribution in [0.1, 0.15) is 24.0 Å². The van der Waals surface area contributed by atoms with E-state index in [2.05, 4.69) is 5.32 Å². The fourth-order valence-corrected chi connectivity index (χ4v) is 2.49. The molecule has 2 rings (SSSR count). The fraction of sp³-hybridized carbons (Fsp3) is 0.429. The second kappa shape index (κ2) is 6.43. The highest BCUT2D eigenvalue weighted by Gasteiger charge is 2.33. The van der Waals surface area contributed by atoms with Crippen LogP contribution in [0.2, 0.25) is 0 Å². The topological polar surface area (TPSA) is 75.4 Å². The number of urea groups is 1. The minimum Gasteiger partial charge on any atom is -0.351 e. The molecule has 126 valence electrons. The molecular weight excluding hydrogens is 318 g/mol. The summed E-state index contributed by atoms with van der Waals surface area (Å²) in [5, 5.41) is 2.35. The lowest BCUT2D eigenvalue weighted by Crippen LogP contribution is -2.47. The molecule has 23 heavy (non-hydrogen) atoms. The molecule has 1 aliphatic heterocycles. The largest absolute Gasteiger partial charge is 0.416 e. The van der Waals surface area contributed by atoms with Crippen molar-refractivity contribution in [2.24, 2.45) is 5.73 Å². The van der Waals surface area contributed by atoms with Crippen molar-refractivity contribution in [3.8, 4) is 0 Å². The maximum absolute atomic E-state index is 13.6. The number of carbonyl (C=O) groups excluding carboxylic acids is 2. The van der Waals surface area contributed by atoms with Gasteiger partial charge in [0.05, 0.1) is 5.56 Å². The number of rotatable bonds is 3. The Morgan fingerprint density at radius 1 is 1.35 bits per heavy atom. The first-order valence-electron chi connectivity index (χ1n) is 6.89. The molecule has 0 aromatic heterocycles. The first-order valence-corrected chi connectivity index (χ1v) is 6.89. The SMILES string of the molecule is NC(=O)N1CCC[C@H]1C(=O)NCc1cc(C(F)(F)F)ccc1F. The smallest absolute Gasteiger partial charge is 0.351 e. The van der Waals surface area contributed by atoms with Crippen LogP contribution in [0.3, 0.4) is 0 Å². The lowest BCUT2D eigenvalue weighted by molar-refractivity contribution is -0.137. The molecule has 1 heterocycles. The molecule has 3 amide bonds. The zero-order valence-corrected chi connectivity index (χ0v) is 12.0. The Morgan fingerprint density at radius 2 is 2.04 bits per heavy atom. The van der Waals surface area contributed by atoms with Crippen LogP contribution >= 0.6 is 0 Å². The van der Waals surface area contributed by atoms with Crippen LogP contribution in [-0.4, -0.2) is 29.4 Å². The average molecular weight is 333 g/mol. The van der Waals surface area contributed by atoms with Crippen molar-refractivity contribution in [2.45, 2.75) is 31.6 Å². The van der Waals surface area contributed by atoms with E-state index in [1.165, 1.54) is 4.90 Å². The molecule has 0 radical (unpaired) electrons. The standard InChI is InChI=1S/C14H15F4N3O2/c15-10-4-3-9(14(16,17)18)6-8(10)7-20-12(22)11-2-1-5-21(11)13(19)23/h3-4,6,11H,1-2,5,7H2,(H2,19,23)(H,20,22)/t11-/m0/s1. The lowest BCUT2D eigenvalue weighted by Gasteiger charge is -2.21. The maximum Gasteiger partial charge on any atom is 0.416 e. The number of amides is 3. The van der Waals surface area contributed by atoms with Crippen LogP contribution in [0, 0.1) is 5.82 Å². The van der Waals surface area contributed by atoms with Crippen LogP contribution in [0.5, 0.6) is 0 Å². The van der Waals surface area contributed by atoms with Gasteiger partial charge in [0, 0.05) is 18.7 Å². The second-order valence-corrected chi connectivity index (χ2v) is 5.21. The second-order valence-electron chi connectivity index (χ2n) is 5.21. The van der Waals surface area contributed by atoms with Gasteiger partial charge in [-0.05, 0) is 31.0 Å². The van der Waals surface area contributed by atoms with E-state index < -0.39 is 42.1 Å². The van der Waals surface area contributed by atoms with Crippen molar-refractivity contribution in [1.82, 2.24) is 10.2 Å². The van der Waals surface area contributed by atoms with E-state index in [-0.39, 0.29) is 5.56 Å². The van der Waals surface area contributed by atoms with Crippen LogP contribution < -0.4 is 11.1 Å². The average Bonchev–Trinajstić information content (AvgIpc) is 2.94. The number of carbonyl (C=O) groups is 2. The normalized spacial score (nSPS) is 18.1. The van der Waals surface area contributed by atoms with Gasteiger partial charge in [-0.1, -0.05) is 0 Å². The molecule has 1 atom stereocenters. The summed E-state index contributed by atoms with van der Waals surface area (Å²) in [6.45, 7) is -0.0664. The summed E-state index contributed by atoms with van der Waals surface area (Å²) >= 11 is 0. The number of nitrogens with zero attached hydrogens (tertiary/aromatic N) is 1. The van der Waals surface area contributed by atoms with Crippen molar-refractivity contribution in [2.75, 3.05) is 6.54 Å². The van der Waals surface area contributed by atoms with Gasteiger partial charge in [0.1, 0.15) is 11.9 Å². The number of likely N-dealkylation sites (tertiary alicyclic amines) is 1. The molecule has 0 aliphatic carbocycles. The molecule has 0 unspecified atom stereocenters. The van der Waals surface area contributed by atoms with Crippen LogP contribution in [0.15, 0.2) is 18.2 Å². The highest BCUT2D eigenvalue weighted by atomic mass is 19.4. The maximum atomic E-state index is 13.6. The Morgan fingerprint density at radius 3 is 2.65 bits per heavy atom. The van der Waals surface area contributed by atoms with Crippen molar-refractivity contribution in [3.05, 3.63) is 35.1 Å². The van der Waals surface area contributed by atoms with Crippen LogP contribution in [0.25, 0.3) is 0 Å². The van der Waals surface area contributed by atoms with E-state index in [0.29, 0.717) is 37.6 Å². The Bertz CT molecular complexity index is 619. The van der Waals surface area contributed by atoms with Gasteiger partial charge >= 0.3 is 12.2 Å². The summed E-state index contributed by atoms with van der Waals surface area (Å²) in [6.07, 6.45) is -3.60. The molecule has 1 fully saturated rings. The van der Waals surface area contributed by atoms with E-state index in [0.717, 1.165) is 0 Å². The Labute approximate surface area is 129 Å². The van der Waals surface area contributed by atoms with Crippen molar-refractivity contribution < 1.29 is 27.2 Å². The number of nitrogens with one attached hydrogen (secondary N) is 1.